The van der Waals surface area contributed by atoms with Gasteiger partial charge in [-0.25, -0.2) is 4.98 Å². The van der Waals surface area contributed by atoms with Crippen LogP contribution in [0.2, 0.25) is 0 Å². The minimum atomic E-state index is 0.659. The van der Waals surface area contributed by atoms with Gasteiger partial charge in [-0.2, -0.15) is 5.26 Å². The first-order valence-corrected chi connectivity index (χ1v) is 8.76. The maximum atomic E-state index is 8.84. The third kappa shape index (κ3) is 3.14. The molecule has 1 N–H and O–H groups in total. The van der Waals surface area contributed by atoms with E-state index in [0.29, 0.717) is 5.56 Å². The number of anilines is 2. The van der Waals surface area contributed by atoms with Crippen LogP contribution >= 0.6 is 23.1 Å². The first-order chi connectivity index (χ1) is 10.8. The third-order valence-electron chi connectivity index (χ3n) is 3.16. The molecule has 5 heteroatoms. The van der Waals surface area contributed by atoms with E-state index in [0.717, 1.165) is 22.1 Å². The standard InChI is InChI=1S/C17H13N3S2/c1-21-16-5-3-2-4-14(16)19-17-20-15(11-22-17)13-8-6-12(10-18)7-9-13/h2-9,11H,1H3,(H,19,20). The Labute approximate surface area is 137 Å². The van der Waals surface area contributed by atoms with Crippen LogP contribution in [0.1, 0.15) is 5.56 Å². The van der Waals surface area contributed by atoms with Crippen LogP contribution in [0.5, 0.6) is 0 Å². The second-order valence-corrected chi connectivity index (χ2v) is 6.26. The molecule has 1 heterocycles. The molecule has 0 aliphatic carbocycles. The Morgan fingerprint density at radius 1 is 1.14 bits per heavy atom. The SMILES string of the molecule is CSc1ccccc1Nc1nc(-c2ccc(C#N)cc2)cs1. The molecule has 0 aliphatic heterocycles. The largest absolute Gasteiger partial charge is 0.331 e. The van der Waals surface area contributed by atoms with Crippen molar-refractivity contribution in [1.29, 1.82) is 5.26 Å². The van der Waals surface area contributed by atoms with E-state index in [-0.39, 0.29) is 0 Å². The minimum absolute atomic E-state index is 0.659. The van der Waals surface area contributed by atoms with E-state index < -0.39 is 0 Å². The number of nitriles is 1. The molecule has 0 atom stereocenters. The van der Waals surface area contributed by atoms with Crippen molar-refractivity contribution in [3.05, 3.63) is 59.5 Å². The average molecular weight is 323 g/mol. The lowest BCUT2D eigenvalue weighted by atomic mass is 10.1. The fourth-order valence-corrected chi connectivity index (χ4v) is 3.33. The first-order valence-electron chi connectivity index (χ1n) is 6.66. The summed E-state index contributed by atoms with van der Waals surface area (Å²) in [4.78, 5) is 5.81. The number of thioether (sulfide) groups is 1. The highest BCUT2D eigenvalue weighted by molar-refractivity contribution is 7.98. The second kappa shape index (κ2) is 6.65. The highest BCUT2D eigenvalue weighted by Crippen LogP contribution is 2.31. The molecular weight excluding hydrogens is 310 g/mol. The molecule has 0 radical (unpaired) electrons. The Kier molecular flexibility index (Phi) is 4.42. The number of rotatable bonds is 4. The molecule has 0 fully saturated rings. The second-order valence-electron chi connectivity index (χ2n) is 4.55. The van der Waals surface area contributed by atoms with Crippen LogP contribution in [0.3, 0.4) is 0 Å². The van der Waals surface area contributed by atoms with E-state index >= 15 is 0 Å². The van der Waals surface area contributed by atoms with Gasteiger partial charge in [0.1, 0.15) is 0 Å². The van der Waals surface area contributed by atoms with Gasteiger partial charge >= 0.3 is 0 Å². The number of nitrogens with one attached hydrogen (secondary N) is 1. The number of benzene rings is 2. The van der Waals surface area contributed by atoms with Crippen LogP contribution in [0.25, 0.3) is 11.3 Å². The van der Waals surface area contributed by atoms with Crippen molar-refractivity contribution in [2.45, 2.75) is 4.90 Å². The monoisotopic (exact) mass is 323 g/mol. The topological polar surface area (TPSA) is 48.7 Å². The molecule has 0 amide bonds. The molecule has 2 aromatic carbocycles. The summed E-state index contributed by atoms with van der Waals surface area (Å²) in [6, 6.07) is 17.8. The molecule has 108 valence electrons. The number of hydrogen-bond donors (Lipinski definition) is 1. The minimum Gasteiger partial charge on any atom is -0.331 e. The van der Waals surface area contributed by atoms with Gasteiger partial charge in [0, 0.05) is 15.8 Å². The van der Waals surface area contributed by atoms with Gasteiger partial charge in [0.15, 0.2) is 5.13 Å². The summed E-state index contributed by atoms with van der Waals surface area (Å²) in [5.74, 6) is 0. The van der Waals surface area contributed by atoms with Crippen molar-refractivity contribution in [3.8, 4) is 17.3 Å². The van der Waals surface area contributed by atoms with Crippen LogP contribution in [0.4, 0.5) is 10.8 Å². The van der Waals surface area contributed by atoms with Gasteiger partial charge in [-0.3, -0.25) is 0 Å². The Morgan fingerprint density at radius 2 is 1.91 bits per heavy atom. The maximum Gasteiger partial charge on any atom is 0.187 e. The lowest BCUT2D eigenvalue weighted by Gasteiger charge is -2.07. The number of para-hydroxylation sites is 1. The molecule has 0 bridgehead atoms. The maximum absolute atomic E-state index is 8.84. The fourth-order valence-electron chi connectivity index (χ4n) is 2.04. The molecule has 3 nitrogen and oxygen atoms in total. The Bertz CT molecular complexity index is 816. The van der Waals surface area contributed by atoms with Crippen LogP contribution in [0, 0.1) is 11.3 Å². The van der Waals surface area contributed by atoms with Gasteiger partial charge < -0.3 is 5.32 Å². The summed E-state index contributed by atoms with van der Waals surface area (Å²) < 4.78 is 0. The van der Waals surface area contributed by atoms with E-state index in [2.05, 4.69) is 34.8 Å². The summed E-state index contributed by atoms with van der Waals surface area (Å²) in [6.45, 7) is 0. The molecular formula is C17H13N3S2. The van der Waals surface area contributed by atoms with Crippen LogP contribution in [0.15, 0.2) is 58.8 Å². The van der Waals surface area contributed by atoms with E-state index in [9.17, 15) is 0 Å². The first kappa shape index (κ1) is 14.6. The van der Waals surface area contributed by atoms with E-state index in [1.165, 1.54) is 4.90 Å². The van der Waals surface area contributed by atoms with Gasteiger partial charge in [-0.15, -0.1) is 23.1 Å². The summed E-state index contributed by atoms with van der Waals surface area (Å²) in [5.41, 5.74) is 3.65. The predicted octanol–water partition coefficient (Wildman–Crippen LogP) is 5.15. The van der Waals surface area contributed by atoms with Crippen LogP contribution < -0.4 is 5.32 Å². The summed E-state index contributed by atoms with van der Waals surface area (Å²) >= 11 is 3.28. The highest BCUT2D eigenvalue weighted by Gasteiger charge is 2.07. The Hall–Kier alpha value is -2.29. The van der Waals surface area contributed by atoms with E-state index in [4.69, 9.17) is 5.26 Å². The van der Waals surface area contributed by atoms with Gasteiger partial charge in [0.2, 0.25) is 0 Å². The van der Waals surface area contributed by atoms with E-state index in [1.807, 2.05) is 41.8 Å². The van der Waals surface area contributed by atoms with E-state index in [1.54, 1.807) is 23.1 Å². The fraction of sp³-hybridized carbons (Fsp3) is 0.0588. The highest BCUT2D eigenvalue weighted by atomic mass is 32.2. The van der Waals surface area contributed by atoms with Gasteiger partial charge in [0.25, 0.3) is 0 Å². The Morgan fingerprint density at radius 3 is 2.64 bits per heavy atom. The normalized spacial score (nSPS) is 10.2. The van der Waals surface area contributed by atoms with Crippen molar-refractivity contribution in [2.75, 3.05) is 11.6 Å². The molecule has 22 heavy (non-hydrogen) atoms. The lowest BCUT2D eigenvalue weighted by Crippen LogP contribution is -1.91. The van der Waals surface area contributed by atoms with Crippen molar-refractivity contribution in [3.63, 3.8) is 0 Å². The zero-order chi connectivity index (χ0) is 15.4. The quantitative estimate of drug-likeness (QED) is 0.675. The molecule has 1 aromatic heterocycles. The van der Waals surface area contributed by atoms with Crippen LogP contribution in [-0.4, -0.2) is 11.2 Å². The summed E-state index contributed by atoms with van der Waals surface area (Å²) in [7, 11) is 0. The smallest absolute Gasteiger partial charge is 0.187 e. The van der Waals surface area contributed by atoms with Crippen molar-refractivity contribution in [1.82, 2.24) is 4.98 Å². The summed E-state index contributed by atoms with van der Waals surface area (Å²) in [6.07, 6.45) is 2.06. The van der Waals surface area contributed by atoms with Crippen LogP contribution in [-0.2, 0) is 0 Å². The van der Waals surface area contributed by atoms with Crippen molar-refractivity contribution in [2.24, 2.45) is 0 Å². The lowest BCUT2D eigenvalue weighted by molar-refractivity contribution is 1.35. The number of nitrogens with zero attached hydrogens (tertiary/aromatic N) is 2. The summed E-state index contributed by atoms with van der Waals surface area (Å²) in [5, 5.41) is 15.1. The molecule has 0 saturated heterocycles. The average Bonchev–Trinajstić information content (AvgIpc) is 3.04. The molecule has 3 aromatic rings. The van der Waals surface area contributed by atoms with Crippen molar-refractivity contribution >= 4 is 33.9 Å². The number of aromatic nitrogens is 1. The molecule has 0 spiro atoms. The molecule has 0 aliphatic rings. The predicted molar refractivity (Wildman–Crippen MR) is 93.8 cm³/mol. The Balaban J connectivity index is 1.83. The van der Waals surface area contributed by atoms with Gasteiger partial charge in [-0.05, 0) is 30.5 Å². The van der Waals surface area contributed by atoms with Gasteiger partial charge in [0.05, 0.1) is 23.0 Å². The molecule has 0 saturated carbocycles. The van der Waals surface area contributed by atoms with Crippen molar-refractivity contribution < 1.29 is 0 Å². The number of thiazole rings is 1. The third-order valence-corrected chi connectivity index (χ3v) is 4.72. The molecule has 3 rings (SSSR count). The van der Waals surface area contributed by atoms with Gasteiger partial charge in [-0.1, -0.05) is 24.3 Å². The zero-order valence-corrected chi connectivity index (χ0v) is 13.5. The number of hydrogen-bond acceptors (Lipinski definition) is 5. The zero-order valence-electron chi connectivity index (χ0n) is 11.9. The molecule has 0 unspecified atom stereocenters.